The van der Waals surface area contributed by atoms with Gasteiger partial charge in [0.1, 0.15) is 0 Å². The topological polar surface area (TPSA) is 63.4 Å². The van der Waals surface area contributed by atoms with Gasteiger partial charge in [-0.15, -0.1) is 0 Å². The third kappa shape index (κ3) is 2.03. The Bertz CT molecular complexity index is 334. The van der Waals surface area contributed by atoms with E-state index in [0.29, 0.717) is 5.56 Å². The van der Waals surface area contributed by atoms with E-state index < -0.39 is 11.0 Å². The Balaban J connectivity index is 3.19. The van der Waals surface area contributed by atoms with Crippen LogP contribution in [0.5, 0.6) is 0 Å². The van der Waals surface area contributed by atoms with Gasteiger partial charge >= 0.3 is 0 Å². The summed E-state index contributed by atoms with van der Waals surface area (Å²) in [6.07, 6.45) is -0.667. The van der Waals surface area contributed by atoms with Gasteiger partial charge in [-0.2, -0.15) is 0 Å². The molecular weight excluding hydrogens is 170 g/mol. The number of rotatable bonds is 2. The van der Waals surface area contributed by atoms with Crippen LogP contribution < -0.4 is 0 Å². The molecule has 0 amide bonds. The number of nitrogens with zero attached hydrogens (tertiary/aromatic N) is 1. The highest BCUT2D eigenvalue weighted by atomic mass is 16.6. The molecule has 4 heteroatoms. The highest BCUT2D eigenvalue weighted by molar-refractivity contribution is 5.40. The minimum atomic E-state index is -0.667. The third-order valence-corrected chi connectivity index (χ3v) is 1.92. The van der Waals surface area contributed by atoms with Crippen molar-refractivity contribution < 1.29 is 10.0 Å². The van der Waals surface area contributed by atoms with Crippen LogP contribution in [0.4, 0.5) is 5.69 Å². The number of non-ortho nitro benzene ring substituents is 1. The number of nitro groups is 1. The van der Waals surface area contributed by atoms with Crippen molar-refractivity contribution in [3.8, 4) is 0 Å². The van der Waals surface area contributed by atoms with E-state index in [9.17, 15) is 15.2 Å². The Morgan fingerprint density at radius 1 is 1.54 bits per heavy atom. The van der Waals surface area contributed by atoms with Crippen LogP contribution in [0.3, 0.4) is 0 Å². The Morgan fingerprint density at radius 3 is 2.62 bits per heavy atom. The lowest BCUT2D eigenvalue weighted by Crippen LogP contribution is -1.97. The molecule has 0 aromatic heterocycles. The van der Waals surface area contributed by atoms with Gasteiger partial charge in [0.15, 0.2) is 0 Å². The third-order valence-electron chi connectivity index (χ3n) is 1.92. The predicted octanol–water partition coefficient (Wildman–Crippen LogP) is 1.96. The van der Waals surface area contributed by atoms with Gasteiger partial charge < -0.3 is 5.11 Å². The van der Waals surface area contributed by atoms with Crippen molar-refractivity contribution in [1.29, 1.82) is 0 Å². The van der Waals surface area contributed by atoms with Gasteiger partial charge in [-0.25, -0.2) is 0 Å². The Morgan fingerprint density at radius 2 is 2.15 bits per heavy atom. The molecule has 0 heterocycles. The maximum atomic E-state index is 10.4. The van der Waals surface area contributed by atoms with Gasteiger partial charge in [0.2, 0.25) is 0 Å². The van der Waals surface area contributed by atoms with Crippen molar-refractivity contribution in [2.45, 2.75) is 20.0 Å². The van der Waals surface area contributed by atoms with Crippen molar-refractivity contribution >= 4 is 5.69 Å². The summed E-state index contributed by atoms with van der Waals surface area (Å²) in [5, 5.41) is 19.7. The van der Waals surface area contributed by atoms with Crippen molar-refractivity contribution in [1.82, 2.24) is 0 Å². The first-order valence-electron chi connectivity index (χ1n) is 3.95. The molecule has 4 nitrogen and oxygen atoms in total. The zero-order valence-corrected chi connectivity index (χ0v) is 7.52. The number of hydrogen-bond donors (Lipinski definition) is 1. The fourth-order valence-electron chi connectivity index (χ4n) is 1.19. The zero-order valence-electron chi connectivity index (χ0n) is 7.52. The van der Waals surface area contributed by atoms with E-state index in [1.807, 2.05) is 6.92 Å². The Kier molecular flexibility index (Phi) is 2.63. The molecule has 0 bridgehead atoms. The molecule has 0 saturated carbocycles. The molecule has 0 radical (unpaired) electrons. The number of aliphatic hydroxyl groups excluding tert-OH is 1. The molecule has 0 unspecified atom stereocenters. The van der Waals surface area contributed by atoms with E-state index >= 15 is 0 Å². The lowest BCUT2D eigenvalue weighted by atomic mass is 10.0. The van der Waals surface area contributed by atoms with Crippen LogP contribution in [0, 0.1) is 17.0 Å². The van der Waals surface area contributed by atoms with Crippen LogP contribution in [0.15, 0.2) is 18.2 Å². The summed E-state index contributed by atoms with van der Waals surface area (Å²) < 4.78 is 0. The van der Waals surface area contributed by atoms with Gasteiger partial charge in [0, 0.05) is 12.1 Å². The fraction of sp³-hybridized carbons (Fsp3) is 0.333. The van der Waals surface area contributed by atoms with Gasteiger partial charge in [0.25, 0.3) is 5.69 Å². The summed E-state index contributed by atoms with van der Waals surface area (Å²) >= 11 is 0. The van der Waals surface area contributed by atoms with Gasteiger partial charge in [-0.1, -0.05) is 6.07 Å². The maximum Gasteiger partial charge on any atom is 0.269 e. The fourth-order valence-corrected chi connectivity index (χ4v) is 1.19. The largest absolute Gasteiger partial charge is 0.389 e. The first-order valence-corrected chi connectivity index (χ1v) is 3.95. The molecule has 1 aromatic rings. The van der Waals surface area contributed by atoms with Crippen molar-refractivity contribution in [2.75, 3.05) is 0 Å². The molecule has 0 aliphatic rings. The van der Waals surface area contributed by atoms with Crippen LogP contribution in [0.25, 0.3) is 0 Å². The number of aliphatic hydroxyl groups is 1. The molecule has 1 N–H and O–H groups in total. The number of benzene rings is 1. The smallest absolute Gasteiger partial charge is 0.269 e. The summed E-state index contributed by atoms with van der Waals surface area (Å²) in [5.41, 5.74) is 1.48. The Hall–Kier alpha value is -1.42. The van der Waals surface area contributed by atoms with E-state index in [0.717, 1.165) is 5.56 Å². The summed E-state index contributed by atoms with van der Waals surface area (Å²) in [4.78, 5) is 9.94. The molecule has 1 aromatic carbocycles. The van der Waals surface area contributed by atoms with Crippen molar-refractivity contribution in [3.05, 3.63) is 39.4 Å². The molecule has 0 aliphatic carbocycles. The van der Waals surface area contributed by atoms with E-state index in [2.05, 4.69) is 0 Å². The monoisotopic (exact) mass is 181 g/mol. The summed E-state index contributed by atoms with van der Waals surface area (Å²) in [6, 6.07) is 4.47. The summed E-state index contributed by atoms with van der Waals surface area (Å²) in [6.45, 7) is 3.40. The van der Waals surface area contributed by atoms with Gasteiger partial charge in [-0.3, -0.25) is 10.1 Å². The highest BCUT2D eigenvalue weighted by Gasteiger charge is 2.11. The van der Waals surface area contributed by atoms with Crippen molar-refractivity contribution in [3.63, 3.8) is 0 Å². The minimum Gasteiger partial charge on any atom is -0.389 e. The normalized spacial score (nSPS) is 12.5. The maximum absolute atomic E-state index is 10.4. The van der Waals surface area contributed by atoms with E-state index in [-0.39, 0.29) is 5.69 Å². The first-order chi connectivity index (χ1) is 6.02. The predicted molar refractivity (Wildman–Crippen MR) is 48.5 cm³/mol. The number of hydrogen-bond acceptors (Lipinski definition) is 3. The van der Waals surface area contributed by atoms with E-state index in [1.54, 1.807) is 13.0 Å². The first kappa shape index (κ1) is 9.67. The second kappa shape index (κ2) is 3.53. The lowest BCUT2D eigenvalue weighted by Gasteiger charge is -2.07. The minimum absolute atomic E-state index is 0.0153. The van der Waals surface area contributed by atoms with Gasteiger partial charge in [0.05, 0.1) is 11.0 Å². The molecular formula is C9H11NO3. The second-order valence-corrected chi connectivity index (χ2v) is 2.97. The second-order valence-electron chi connectivity index (χ2n) is 2.97. The molecule has 1 rings (SSSR count). The van der Waals surface area contributed by atoms with Crippen molar-refractivity contribution in [2.24, 2.45) is 0 Å². The quantitative estimate of drug-likeness (QED) is 0.560. The molecule has 13 heavy (non-hydrogen) atoms. The van der Waals surface area contributed by atoms with Crippen LogP contribution in [0.2, 0.25) is 0 Å². The zero-order chi connectivity index (χ0) is 10.0. The van der Waals surface area contributed by atoms with E-state index in [1.165, 1.54) is 12.1 Å². The van der Waals surface area contributed by atoms with Gasteiger partial charge in [-0.05, 0) is 25.0 Å². The molecule has 70 valence electrons. The SMILES string of the molecule is Cc1ccc([N+](=O)[O-])cc1[C@@H](C)O. The number of aryl methyl sites for hydroxylation is 1. The summed E-state index contributed by atoms with van der Waals surface area (Å²) in [5.74, 6) is 0. The lowest BCUT2D eigenvalue weighted by molar-refractivity contribution is -0.385. The average molecular weight is 181 g/mol. The molecule has 1 atom stereocenters. The highest BCUT2D eigenvalue weighted by Crippen LogP contribution is 2.22. The average Bonchev–Trinajstić information content (AvgIpc) is 2.04. The molecule has 0 spiro atoms. The van der Waals surface area contributed by atoms with E-state index in [4.69, 9.17) is 0 Å². The number of nitro benzene ring substituents is 1. The Labute approximate surface area is 76.0 Å². The molecule has 0 aliphatic heterocycles. The van der Waals surface area contributed by atoms with Crippen LogP contribution in [-0.4, -0.2) is 10.0 Å². The molecule has 0 fully saturated rings. The molecule has 0 saturated heterocycles. The standard InChI is InChI=1S/C9H11NO3/c1-6-3-4-8(10(12)13)5-9(6)7(2)11/h3-5,7,11H,1-2H3/t7-/m1/s1. The van der Waals surface area contributed by atoms with Crippen LogP contribution in [-0.2, 0) is 0 Å². The van der Waals surface area contributed by atoms with Crippen LogP contribution in [0.1, 0.15) is 24.2 Å². The van der Waals surface area contributed by atoms with Crippen LogP contribution >= 0.6 is 0 Å². The summed E-state index contributed by atoms with van der Waals surface area (Å²) in [7, 11) is 0.